The van der Waals surface area contributed by atoms with Crippen LogP contribution in [0.2, 0.25) is 0 Å². The molecule has 6 aliphatic rings. The molecule has 4 bridgehead atoms. The summed E-state index contributed by atoms with van der Waals surface area (Å²) in [7, 11) is 0. The monoisotopic (exact) mass is 394 g/mol. The quantitative estimate of drug-likeness (QED) is 0.577. The van der Waals surface area contributed by atoms with Gasteiger partial charge < -0.3 is 14.6 Å². The van der Waals surface area contributed by atoms with E-state index in [2.05, 4.69) is 0 Å². The molecule has 7 nitrogen and oxygen atoms in total. The van der Waals surface area contributed by atoms with Gasteiger partial charge in [0.25, 0.3) is 0 Å². The Morgan fingerprint density at radius 3 is 2.36 bits per heavy atom. The molecule has 0 aromatic heterocycles. The van der Waals surface area contributed by atoms with E-state index in [1.165, 1.54) is 0 Å². The molecule has 28 heavy (non-hydrogen) atoms. The molecule has 6 rings (SSSR count). The van der Waals surface area contributed by atoms with Crippen LogP contribution in [0.1, 0.15) is 71.1 Å². The number of hydrogen-bond acceptors (Lipinski definition) is 6. The molecular formula is C21H30O7. The highest BCUT2D eigenvalue weighted by atomic mass is 17.3. The Bertz CT molecular complexity index is 650. The number of ether oxygens (including phenoxy) is 2. The highest BCUT2D eigenvalue weighted by Gasteiger charge is 2.71. The normalized spacial score (nSPS) is 49.0. The topological polar surface area (TPSA) is 91.3 Å². The second-order valence-corrected chi connectivity index (χ2v) is 9.78. The summed E-state index contributed by atoms with van der Waals surface area (Å²) in [5.74, 6) is -1.37. The van der Waals surface area contributed by atoms with Crippen LogP contribution in [0, 0.1) is 29.1 Å². The Kier molecular flexibility index (Phi) is 4.31. The van der Waals surface area contributed by atoms with Crippen LogP contribution in [0.4, 0.5) is 0 Å². The van der Waals surface area contributed by atoms with Crippen molar-refractivity contribution in [1.82, 2.24) is 0 Å². The van der Waals surface area contributed by atoms with Gasteiger partial charge in [-0.1, -0.05) is 0 Å². The van der Waals surface area contributed by atoms with Crippen LogP contribution in [0.5, 0.6) is 0 Å². The first kappa shape index (κ1) is 18.8. The molecule has 7 heteroatoms. The van der Waals surface area contributed by atoms with Crippen molar-refractivity contribution in [2.24, 2.45) is 29.1 Å². The first-order chi connectivity index (χ1) is 13.4. The lowest BCUT2D eigenvalue weighted by atomic mass is 9.47. The minimum atomic E-state index is -0.774. The van der Waals surface area contributed by atoms with Crippen LogP contribution in [-0.4, -0.2) is 35.2 Å². The summed E-state index contributed by atoms with van der Waals surface area (Å²) in [4.78, 5) is 35.6. The van der Waals surface area contributed by atoms with E-state index in [1.54, 1.807) is 0 Å². The minimum Gasteiger partial charge on any atom is -0.481 e. The van der Waals surface area contributed by atoms with E-state index in [0.29, 0.717) is 50.5 Å². The first-order valence-corrected chi connectivity index (χ1v) is 10.8. The van der Waals surface area contributed by atoms with Gasteiger partial charge in [0.05, 0.1) is 12.0 Å². The molecule has 1 heterocycles. The van der Waals surface area contributed by atoms with Gasteiger partial charge in [0.15, 0.2) is 0 Å². The minimum absolute atomic E-state index is 0.0893. The second-order valence-electron chi connectivity index (χ2n) is 9.78. The predicted octanol–water partition coefficient (Wildman–Crippen LogP) is 3.41. The second kappa shape index (κ2) is 6.41. The van der Waals surface area contributed by atoms with Gasteiger partial charge in [0.1, 0.15) is 0 Å². The number of carboxylic acid groups (broad SMARTS) is 1. The van der Waals surface area contributed by atoms with Crippen molar-refractivity contribution in [1.29, 1.82) is 0 Å². The van der Waals surface area contributed by atoms with Gasteiger partial charge in [-0.05, 0) is 63.7 Å². The van der Waals surface area contributed by atoms with E-state index in [-0.39, 0.29) is 17.8 Å². The van der Waals surface area contributed by atoms with E-state index >= 15 is 0 Å². The molecular weight excluding hydrogens is 364 g/mol. The lowest BCUT2D eigenvalue weighted by Crippen LogP contribution is -2.64. The summed E-state index contributed by atoms with van der Waals surface area (Å²) >= 11 is 0. The summed E-state index contributed by atoms with van der Waals surface area (Å²) in [5.41, 5.74) is -0.596. The third-order valence-corrected chi connectivity index (χ3v) is 8.08. The molecule has 1 N–H and O–H groups in total. The summed E-state index contributed by atoms with van der Waals surface area (Å²) < 4.78 is 11.7. The molecule has 2 spiro atoms. The SMILES string of the molecule is CCOC(=O)CC1CCC2(CC1)OOC1(O2)C2CC3C[C@H]1CC(C(=O)O)(C3)C2. The van der Waals surface area contributed by atoms with E-state index in [1.807, 2.05) is 6.92 Å². The largest absolute Gasteiger partial charge is 0.481 e. The van der Waals surface area contributed by atoms with Crippen molar-refractivity contribution in [2.75, 3.05) is 6.61 Å². The number of esters is 1. The zero-order valence-corrected chi connectivity index (χ0v) is 16.5. The van der Waals surface area contributed by atoms with Gasteiger partial charge in [0, 0.05) is 31.1 Å². The maximum Gasteiger partial charge on any atom is 0.309 e. The van der Waals surface area contributed by atoms with E-state index in [9.17, 15) is 14.7 Å². The molecule has 1 aliphatic heterocycles. The number of carbonyl (C=O) groups is 2. The Balaban J connectivity index is 1.27. The molecule has 5 saturated carbocycles. The molecule has 0 aromatic rings. The van der Waals surface area contributed by atoms with E-state index in [0.717, 1.165) is 32.1 Å². The molecule has 0 amide bonds. The number of carbonyl (C=O) groups excluding carboxylic acids is 1. The fourth-order valence-corrected chi connectivity index (χ4v) is 6.92. The zero-order valence-electron chi connectivity index (χ0n) is 16.5. The van der Waals surface area contributed by atoms with Crippen molar-refractivity contribution in [3.05, 3.63) is 0 Å². The average Bonchev–Trinajstić information content (AvgIpc) is 3.02. The highest BCUT2D eigenvalue weighted by Crippen LogP contribution is 2.67. The van der Waals surface area contributed by atoms with Crippen molar-refractivity contribution >= 4 is 11.9 Å². The predicted molar refractivity (Wildman–Crippen MR) is 95.5 cm³/mol. The highest BCUT2D eigenvalue weighted by molar-refractivity contribution is 5.75. The fourth-order valence-electron chi connectivity index (χ4n) is 6.92. The molecule has 5 atom stereocenters. The maximum absolute atomic E-state index is 12.0. The number of carboxylic acids is 1. The van der Waals surface area contributed by atoms with Crippen LogP contribution >= 0.6 is 0 Å². The first-order valence-electron chi connectivity index (χ1n) is 10.8. The molecule has 0 aromatic carbocycles. The zero-order chi connectivity index (χ0) is 19.6. The smallest absolute Gasteiger partial charge is 0.309 e. The fraction of sp³-hybridized carbons (Fsp3) is 0.905. The van der Waals surface area contributed by atoms with Gasteiger partial charge in [-0.15, -0.1) is 0 Å². The van der Waals surface area contributed by atoms with Crippen LogP contribution < -0.4 is 0 Å². The van der Waals surface area contributed by atoms with Crippen LogP contribution in [-0.2, 0) is 28.8 Å². The number of aliphatic carboxylic acids is 1. The van der Waals surface area contributed by atoms with E-state index < -0.39 is 23.0 Å². The lowest BCUT2D eigenvalue weighted by Gasteiger charge is -2.60. The molecule has 4 unspecified atom stereocenters. The van der Waals surface area contributed by atoms with E-state index in [4.69, 9.17) is 19.2 Å². The Morgan fingerprint density at radius 1 is 1.07 bits per heavy atom. The third-order valence-electron chi connectivity index (χ3n) is 8.08. The van der Waals surface area contributed by atoms with Gasteiger partial charge in [-0.3, -0.25) is 9.59 Å². The van der Waals surface area contributed by atoms with Crippen molar-refractivity contribution in [3.8, 4) is 0 Å². The van der Waals surface area contributed by atoms with Crippen LogP contribution in [0.25, 0.3) is 0 Å². The van der Waals surface area contributed by atoms with Gasteiger partial charge in [-0.25, -0.2) is 0 Å². The van der Waals surface area contributed by atoms with Crippen molar-refractivity contribution in [3.63, 3.8) is 0 Å². The number of hydrogen-bond donors (Lipinski definition) is 1. The standard InChI is InChI=1S/C21H30O7/c1-2-25-17(22)9-13-3-5-20(6-4-13)26-21(28-27-20)15-7-14-8-16(21)12-19(10-14,11-15)18(23)24/h13-16H,2-12H2,1H3,(H,23,24)/t13?,14?,15-,16?,19?,20?,21?/m0/s1. The summed E-state index contributed by atoms with van der Waals surface area (Å²) in [5, 5.41) is 9.84. The van der Waals surface area contributed by atoms with Gasteiger partial charge >= 0.3 is 11.9 Å². The van der Waals surface area contributed by atoms with Crippen LogP contribution in [0.15, 0.2) is 0 Å². The van der Waals surface area contributed by atoms with Crippen molar-refractivity contribution < 1.29 is 33.9 Å². The van der Waals surface area contributed by atoms with Gasteiger partial charge in [0.2, 0.25) is 11.6 Å². The van der Waals surface area contributed by atoms with Crippen molar-refractivity contribution in [2.45, 2.75) is 82.7 Å². The lowest BCUT2D eigenvalue weighted by molar-refractivity contribution is -0.393. The maximum atomic E-state index is 12.0. The Morgan fingerprint density at radius 2 is 1.75 bits per heavy atom. The number of rotatable bonds is 4. The van der Waals surface area contributed by atoms with Gasteiger partial charge in [-0.2, -0.15) is 9.78 Å². The van der Waals surface area contributed by atoms with Crippen LogP contribution in [0.3, 0.4) is 0 Å². The molecule has 5 aliphatic carbocycles. The molecule has 1 saturated heterocycles. The third kappa shape index (κ3) is 2.73. The average molecular weight is 394 g/mol. The Labute approximate surface area is 165 Å². The molecule has 0 radical (unpaired) electrons. The summed E-state index contributed by atoms with van der Waals surface area (Å²) in [6.07, 6.45) is 7.52. The summed E-state index contributed by atoms with van der Waals surface area (Å²) in [6.45, 7) is 2.24. The summed E-state index contributed by atoms with van der Waals surface area (Å²) in [6, 6.07) is 0. The molecule has 156 valence electrons. The molecule has 6 fully saturated rings. The Hall–Kier alpha value is -1.18.